The Hall–Kier alpha value is -6.28. The Bertz CT molecular complexity index is 3420. The van der Waals surface area contributed by atoms with E-state index >= 15 is 0 Å². The molecule has 0 atom stereocenters. The molecule has 0 amide bonds. The van der Waals surface area contributed by atoms with Gasteiger partial charge in [0.25, 0.3) is 0 Å². The number of benzene rings is 6. The van der Waals surface area contributed by atoms with Gasteiger partial charge in [0.2, 0.25) is 0 Å². The molecule has 6 aromatic carbocycles. The van der Waals surface area contributed by atoms with Crippen molar-refractivity contribution in [3.8, 4) is 64.3 Å². The van der Waals surface area contributed by atoms with E-state index in [0.717, 1.165) is 0 Å². The number of rotatable bonds is 6. The van der Waals surface area contributed by atoms with E-state index in [1.54, 1.807) is 0 Å². The third-order valence-electron chi connectivity index (χ3n) is 15.8. The van der Waals surface area contributed by atoms with Crippen molar-refractivity contribution >= 4 is 89.0 Å². The van der Waals surface area contributed by atoms with Crippen molar-refractivity contribution in [2.45, 2.75) is 76.0 Å². The first-order valence-corrected chi connectivity index (χ1v) is 28.8. The first-order chi connectivity index (χ1) is 34.7. The molecule has 0 N–H and O–H groups in total. The zero-order valence-electron chi connectivity index (χ0n) is 39.1. The lowest BCUT2D eigenvalue weighted by Gasteiger charge is -2.34. The Balaban J connectivity index is 0.964. The molecule has 6 heterocycles. The quantitative estimate of drug-likeness (QED) is 0.157. The summed E-state index contributed by atoms with van der Waals surface area (Å²) in [4.78, 5) is 5.24. The van der Waals surface area contributed by atoms with Crippen molar-refractivity contribution in [2.75, 3.05) is 0 Å². The van der Waals surface area contributed by atoms with E-state index in [1.807, 2.05) is 45.3 Å². The Kier molecular flexibility index (Phi) is 10.7. The van der Waals surface area contributed by atoms with Gasteiger partial charge in [0, 0.05) is 57.8 Å². The molecule has 2 aliphatic carbocycles. The summed E-state index contributed by atoms with van der Waals surface area (Å²) in [7, 11) is 0. The van der Waals surface area contributed by atoms with Crippen LogP contribution < -0.4 is 0 Å². The summed E-state index contributed by atoms with van der Waals surface area (Å²) in [5.41, 5.74) is 18.5. The van der Waals surface area contributed by atoms with Gasteiger partial charge in [-0.2, -0.15) is 0 Å². The van der Waals surface area contributed by atoms with Crippen molar-refractivity contribution in [1.29, 1.82) is 0 Å². The Morgan fingerprint density at radius 1 is 0.314 bits per heavy atom. The molecule has 0 bridgehead atoms. The van der Waals surface area contributed by atoms with Crippen LogP contribution in [0.25, 0.3) is 108 Å². The maximum atomic E-state index is 2.64. The minimum absolute atomic E-state index is 0.0925. The first kappa shape index (κ1) is 42.6. The molecule has 2 aliphatic rings. The van der Waals surface area contributed by atoms with Crippen molar-refractivity contribution in [3.63, 3.8) is 0 Å². The molecule has 2 nitrogen and oxygen atoms in total. The summed E-state index contributed by atoms with van der Waals surface area (Å²) in [6, 6.07) is 61.4. The summed E-state index contributed by atoms with van der Waals surface area (Å²) >= 11 is 7.27. The van der Waals surface area contributed by atoms with E-state index < -0.39 is 0 Å². The second-order valence-corrected chi connectivity index (χ2v) is 23.5. The van der Waals surface area contributed by atoms with E-state index in [9.17, 15) is 0 Å². The molecule has 0 saturated heterocycles. The molecular formula is C64H52N2S4. The molecule has 12 aromatic rings. The minimum atomic E-state index is -0.0925. The van der Waals surface area contributed by atoms with E-state index in [-0.39, 0.29) is 5.41 Å². The molecule has 6 aromatic heterocycles. The highest BCUT2D eigenvalue weighted by Crippen LogP contribution is 2.56. The standard InChI is InChI=1S/C64H52N2S4/c1-2-4-6-8-30-64(31-9-7-5-3-1)54-40-46(65-56-26-18-42(60-14-10-32-67-60)36-50(56)51-37-43(19-27-57(51)65)61-15-11-33-68-61)22-24-48(54)49-25-23-47(41-55(49)64)66-58-28-20-44(62-16-12-34-69-62)38-52(58)53-39-45(21-29-59(53)66)63-17-13-35-70-63/h10-29,32-41H,1-9,30-31H2. The third kappa shape index (κ3) is 7.05. The first-order valence-electron chi connectivity index (χ1n) is 25.3. The molecule has 1 saturated carbocycles. The van der Waals surface area contributed by atoms with Gasteiger partial charge in [-0.05, 0) is 176 Å². The second-order valence-electron chi connectivity index (χ2n) is 19.7. The van der Waals surface area contributed by atoms with Gasteiger partial charge >= 0.3 is 0 Å². The number of nitrogens with zero attached hydrogens (tertiary/aromatic N) is 2. The minimum Gasteiger partial charge on any atom is -0.309 e. The van der Waals surface area contributed by atoms with Crippen LogP contribution in [0.4, 0.5) is 0 Å². The number of aromatic nitrogens is 2. The number of hydrogen-bond acceptors (Lipinski definition) is 4. The van der Waals surface area contributed by atoms with Crippen LogP contribution in [0.5, 0.6) is 0 Å². The SMILES string of the molecule is c1csc(-c2ccc3c(c2)c2cc(-c4cccs4)ccc2n3-c2ccc3c(c2)C2(CCCCCCCCCCC2)c2cc(-n4c5ccc(-c6cccs6)cc5c5cc(-c6cccs6)ccc54)ccc2-3)c1. The van der Waals surface area contributed by atoms with Crippen molar-refractivity contribution in [3.05, 3.63) is 190 Å². The molecule has 342 valence electrons. The Morgan fingerprint density at radius 2 is 0.629 bits per heavy atom. The van der Waals surface area contributed by atoms with E-state index in [4.69, 9.17) is 0 Å². The van der Waals surface area contributed by atoms with Gasteiger partial charge < -0.3 is 9.13 Å². The highest BCUT2D eigenvalue weighted by molar-refractivity contribution is 7.14. The summed E-state index contributed by atoms with van der Waals surface area (Å²) in [6.07, 6.45) is 14.2. The summed E-state index contributed by atoms with van der Waals surface area (Å²) in [5, 5.41) is 14.0. The van der Waals surface area contributed by atoms with E-state index in [0.29, 0.717) is 0 Å². The highest BCUT2D eigenvalue weighted by Gasteiger charge is 2.43. The van der Waals surface area contributed by atoms with Gasteiger partial charge in [-0.15, -0.1) is 45.3 Å². The zero-order valence-corrected chi connectivity index (χ0v) is 42.4. The molecule has 0 aliphatic heterocycles. The molecular weight excluding hydrogens is 925 g/mol. The topological polar surface area (TPSA) is 9.86 Å². The summed E-state index contributed by atoms with van der Waals surface area (Å²) < 4.78 is 5.15. The van der Waals surface area contributed by atoms with Crippen LogP contribution in [0.1, 0.15) is 81.8 Å². The smallest absolute Gasteiger partial charge is 0.0541 e. The molecule has 6 heteroatoms. The van der Waals surface area contributed by atoms with Gasteiger partial charge in [-0.3, -0.25) is 0 Å². The number of fused-ring (bicyclic) bond motifs is 11. The van der Waals surface area contributed by atoms with Crippen LogP contribution in [-0.4, -0.2) is 9.13 Å². The average Bonchev–Trinajstić information content (AvgIpc) is 4.27. The fraction of sp³-hybridized carbons (Fsp3) is 0.188. The lowest BCUT2D eigenvalue weighted by atomic mass is 9.70. The zero-order chi connectivity index (χ0) is 46.2. The van der Waals surface area contributed by atoms with Crippen LogP contribution >= 0.6 is 45.3 Å². The second kappa shape index (κ2) is 17.5. The van der Waals surface area contributed by atoms with E-state index in [1.165, 1.54) is 190 Å². The molecule has 0 unspecified atom stereocenters. The normalized spacial score (nSPS) is 15.2. The fourth-order valence-electron chi connectivity index (χ4n) is 12.5. The van der Waals surface area contributed by atoms with Crippen LogP contribution in [-0.2, 0) is 5.41 Å². The molecule has 14 rings (SSSR count). The van der Waals surface area contributed by atoms with Crippen molar-refractivity contribution < 1.29 is 0 Å². The van der Waals surface area contributed by atoms with E-state index in [2.05, 4.69) is 188 Å². The highest BCUT2D eigenvalue weighted by atomic mass is 32.1. The van der Waals surface area contributed by atoms with Crippen LogP contribution in [0.15, 0.2) is 179 Å². The summed E-state index contributed by atoms with van der Waals surface area (Å²) in [6.45, 7) is 0. The largest absolute Gasteiger partial charge is 0.309 e. The lowest BCUT2D eigenvalue weighted by Crippen LogP contribution is -2.26. The molecule has 1 fully saturated rings. The maximum absolute atomic E-state index is 2.64. The van der Waals surface area contributed by atoms with Gasteiger partial charge in [-0.25, -0.2) is 0 Å². The predicted molar refractivity (Wildman–Crippen MR) is 305 cm³/mol. The third-order valence-corrected chi connectivity index (χ3v) is 19.5. The van der Waals surface area contributed by atoms with Crippen molar-refractivity contribution in [2.24, 2.45) is 0 Å². The maximum Gasteiger partial charge on any atom is 0.0541 e. The Labute approximate surface area is 425 Å². The molecule has 0 radical (unpaired) electrons. The van der Waals surface area contributed by atoms with Gasteiger partial charge in [0.1, 0.15) is 0 Å². The van der Waals surface area contributed by atoms with Crippen molar-refractivity contribution in [1.82, 2.24) is 9.13 Å². The van der Waals surface area contributed by atoms with Gasteiger partial charge in [0.15, 0.2) is 0 Å². The number of hydrogen-bond donors (Lipinski definition) is 0. The molecule has 70 heavy (non-hydrogen) atoms. The van der Waals surface area contributed by atoms with Crippen LogP contribution in [0.2, 0.25) is 0 Å². The summed E-state index contributed by atoms with van der Waals surface area (Å²) in [5.74, 6) is 0. The van der Waals surface area contributed by atoms with Crippen LogP contribution in [0, 0.1) is 0 Å². The predicted octanol–water partition coefficient (Wildman–Crippen LogP) is 20.4. The van der Waals surface area contributed by atoms with Gasteiger partial charge in [0.05, 0.1) is 22.1 Å². The monoisotopic (exact) mass is 976 g/mol. The molecule has 1 spiro atoms. The lowest BCUT2D eigenvalue weighted by molar-refractivity contribution is 0.390. The van der Waals surface area contributed by atoms with Crippen LogP contribution in [0.3, 0.4) is 0 Å². The Morgan fingerprint density at radius 3 is 0.929 bits per heavy atom. The average molecular weight is 977 g/mol. The number of thiophene rings is 4. The fourth-order valence-corrected chi connectivity index (χ4v) is 15.4. The van der Waals surface area contributed by atoms with Gasteiger partial charge in [-0.1, -0.05) is 118 Å².